The molecule has 0 N–H and O–H groups in total. The predicted octanol–water partition coefficient (Wildman–Crippen LogP) is 3.08. The third-order valence-electron chi connectivity index (χ3n) is 4.13. The van der Waals surface area contributed by atoms with Crippen molar-refractivity contribution in [1.82, 2.24) is 0 Å². The average Bonchev–Trinajstić information content (AvgIpc) is 2.78. The lowest BCUT2D eigenvalue weighted by molar-refractivity contribution is -0.151. The van der Waals surface area contributed by atoms with E-state index in [1.54, 1.807) is 12.1 Å². The van der Waals surface area contributed by atoms with Crippen LogP contribution in [0.2, 0.25) is 0 Å². The van der Waals surface area contributed by atoms with Gasteiger partial charge in [-0.2, -0.15) is 0 Å². The zero-order valence-corrected chi connectivity index (χ0v) is 13.3. The van der Waals surface area contributed by atoms with Crippen molar-refractivity contribution >= 4 is 17.9 Å². The first-order valence-corrected chi connectivity index (χ1v) is 7.29. The summed E-state index contributed by atoms with van der Waals surface area (Å²) in [5.41, 5.74) is 0.905. The van der Waals surface area contributed by atoms with Crippen molar-refractivity contribution in [3.05, 3.63) is 34.9 Å². The number of benzene rings is 1. The number of carbonyl (C=O) groups is 3. The Balaban J connectivity index is 2.30. The lowest BCUT2D eigenvalue weighted by atomic mass is 9.78. The van der Waals surface area contributed by atoms with Crippen molar-refractivity contribution in [1.29, 1.82) is 0 Å². The molecule has 22 heavy (non-hydrogen) atoms. The lowest BCUT2D eigenvalue weighted by Gasteiger charge is -2.27. The minimum atomic E-state index is -0.620. The highest BCUT2D eigenvalue weighted by Gasteiger charge is 2.34. The van der Waals surface area contributed by atoms with E-state index in [0.29, 0.717) is 17.5 Å². The van der Waals surface area contributed by atoms with Crippen LogP contribution in [0.3, 0.4) is 0 Å². The van der Waals surface area contributed by atoms with Gasteiger partial charge in [0.2, 0.25) is 0 Å². The molecule has 1 aromatic carbocycles. The van der Waals surface area contributed by atoms with Crippen molar-refractivity contribution in [2.45, 2.75) is 39.5 Å². The molecule has 5 heteroatoms. The lowest BCUT2D eigenvalue weighted by Crippen LogP contribution is -2.27. The summed E-state index contributed by atoms with van der Waals surface area (Å²) >= 11 is 0. The molecule has 2 rings (SSSR count). The van der Waals surface area contributed by atoms with Gasteiger partial charge in [-0.1, -0.05) is 13.0 Å². The van der Waals surface area contributed by atoms with Crippen LogP contribution in [-0.2, 0) is 14.3 Å². The summed E-state index contributed by atoms with van der Waals surface area (Å²) in [6.07, 6.45) is 1.40. The fourth-order valence-electron chi connectivity index (χ4n) is 2.83. The SMILES string of the molecule is CCC(CC(C)(C)C(=O)OC)c1ccc2c(c1)C(=O)OC2=O. The van der Waals surface area contributed by atoms with E-state index in [0.717, 1.165) is 12.0 Å². The first-order valence-electron chi connectivity index (χ1n) is 7.29. The Kier molecular flexibility index (Phi) is 4.35. The standard InChI is InChI=1S/C17H20O5/c1-5-10(9-17(2,3)16(20)21-4)11-6-7-12-13(8-11)15(19)22-14(12)18/h6-8,10H,5,9H2,1-4H3. The van der Waals surface area contributed by atoms with Crippen LogP contribution in [0.25, 0.3) is 0 Å². The van der Waals surface area contributed by atoms with Gasteiger partial charge in [-0.25, -0.2) is 9.59 Å². The van der Waals surface area contributed by atoms with Gasteiger partial charge in [0.15, 0.2) is 0 Å². The zero-order chi connectivity index (χ0) is 16.5. The molecule has 1 atom stereocenters. The van der Waals surface area contributed by atoms with E-state index in [1.807, 2.05) is 26.8 Å². The molecule has 1 heterocycles. The van der Waals surface area contributed by atoms with Gasteiger partial charge in [0.25, 0.3) is 0 Å². The molecule has 0 saturated carbocycles. The van der Waals surface area contributed by atoms with Crippen LogP contribution >= 0.6 is 0 Å². The summed E-state index contributed by atoms with van der Waals surface area (Å²) in [6.45, 7) is 5.70. The minimum absolute atomic E-state index is 0.0860. The Hall–Kier alpha value is -2.17. The minimum Gasteiger partial charge on any atom is -0.469 e. The molecule has 0 fully saturated rings. The highest BCUT2D eigenvalue weighted by atomic mass is 16.6. The van der Waals surface area contributed by atoms with E-state index >= 15 is 0 Å². The van der Waals surface area contributed by atoms with Crippen molar-refractivity contribution in [3.63, 3.8) is 0 Å². The van der Waals surface area contributed by atoms with Gasteiger partial charge in [-0.15, -0.1) is 0 Å². The first kappa shape index (κ1) is 16.2. The molecular weight excluding hydrogens is 284 g/mol. The van der Waals surface area contributed by atoms with Gasteiger partial charge in [0.05, 0.1) is 23.7 Å². The number of esters is 3. The monoisotopic (exact) mass is 304 g/mol. The Morgan fingerprint density at radius 2 is 1.86 bits per heavy atom. The summed E-state index contributed by atoms with van der Waals surface area (Å²) in [5.74, 6) is -1.39. The van der Waals surface area contributed by atoms with Crippen LogP contribution in [0, 0.1) is 5.41 Å². The maximum absolute atomic E-state index is 11.9. The molecule has 1 aromatic rings. The average molecular weight is 304 g/mol. The second-order valence-corrected chi connectivity index (χ2v) is 6.17. The second-order valence-electron chi connectivity index (χ2n) is 6.17. The smallest absolute Gasteiger partial charge is 0.346 e. The number of hydrogen-bond acceptors (Lipinski definition) is 5. The molecule has 5 nitrogen and oxygen atoms in total. The van der Waals surface area contributed by atoms with Crippen molar-refractivity contribution in [3.8, 4) is 0 Å². The maximum atomic E-state index is 11.9. The van der Waals surface area contributed by atoms with Crippen LogP contribution in [0.15, 0.2) is 18.2 Å². The third kappa shape index (κ3) is 2.89. The molecule has 118 valence electrons. The van der Waals surface area contributed by atoms with E-state index in [1.165, 1.54) is 7.11 Å². The summed E-state index contributed by atoms with van der Waals surface area (Å²) in [6, 6.07) is 5.13. The number of rotatable bonds is 5. The topological polar surface area (TPSA) is 69.7 Å². The quantitative estimate of drug-likeness (QED) is 0.617. The molecule has 1 aliphatic heterocycles. The highest BCUT2D eigenvalue weighted by molar-refractivity contribution is 6.14. The molecule has 0 amide bonds. The van der Waals surface area contributed by atoms with Gasteiger partial charge in [0.1, 0.15) is 0 Å². The summed E-state index contributed by atoms with van der Waals surface area (Å²) in [5, 5.41) is 0. The Morgan fingerprint density at radius 1 is 1.23 bits per heavy atom. The zero-order valence-electron chi connectivity index (χ0n) is 13.3. The summed E-state index contributed by atoms with van der Waals surface area (Å²) < 4.78 is 9.45. The fraction of sp³-hybridized carbons (Fsp3) is 0.471. The second kappa shape index (κ2) is 5.91. The number of fused-ring (bicyclic) bond motifs is 1. The van der Waals surface area contributed by atoms with E-state index in [2.05, 4.69) is 4.74 Å². The molecule has 0 saturated heterocycles. The molecule has 0 aromatic heterocycles. The van der Waals surface area contributed by atoms with Gasteiger partial charge >= 0.3 is 17.9 Å². The van der Waals surface area contributed by atoms with Crippen molar-refractivity contribution in [2.75, 3.05) is 7.11 Å². The Morgan fingerprint density at radius 3 is 2.45 bits per heavy atom. The molecule has 0 bridgehead atoms. The number of carbonyl (C=O) groups excluding carboxylic acids is 3. The van der Waals surface area contributed by atoms with Crippen LogP contribution in [0.1, 0.15) is 65.8 Å². The Labute approximate surface area is 129 Å². The van der Waals surface area contributed by atoms with Gasteiger partial charge < -0.3 is 9.47 Å². The highest BCUT2D eigenvalue weighted by Crippen LogP contribution is 2.36. The normalized spacial score (nSPS) is 15.3. The van der Waals surface area contributed by atoms with E-state index in [9.17, 15) is 14.4 Å². The largest absolute Gasteiger partial charge is 0.469 e. The van der Waals surface area contributed by atoms with Crippen molar-refractivity contribution in [2.24, 2.45) is 5.41 Å². The van der Waals surface area contributed by atoms with Gasteiger partial charge in [-0.3, -0.25) is 4.79 Å². The van der Waals surface area contributed by atoms with Crippen molar-refractivity contribution < 1.29 is 23.9 Å². The van der Waals surface area contributed by atoms with Gasteiger partial charge in [-0.05, 0) is 50.3 Å². The number of ether oxygens (including phenoxy) is 2. The first-order chi connectivity index (χ1) is 10.3. The molecule has 0 radical (unpaired) electrons. The molecule has 0 aliphatic carbocycles. The van der Waals surface area contributed by atoms with E-state index in [-0.39, 0.29) is 11.9 Å². The molecule has 1 aliphatic rings. The summed E-state index contributed by atoms with van der Waals surface area (Å²) in [4.78, 5) is 35.0. The predicted molar refractivity (Wildman–Crippen MR) is 79.6 cm³/mol. The third-order valence-corrected chi connectivity index (χ3v) is 4.13. The molecular formula is C17H20O5. The Bertz CT molecular complexity index is 630. The van der Waals surface area contributed by atoms with Gasteiger partial charge in [0, 0.05) is 0 Å². The maximum Gasteiger partial charge on any atom is 0.346 e. The van der Waals surface area contributed by atoms with Crippen LogP contribution in [0.4, 0.5) is 0 Å². The molecule has 0 spiro atoms. The van der Waals surface area contributed by atoms with Crippen LogP contribution < -0.4 is 0 Å². The summed E-state index contributed by atoms with van der Waals surface area (Å²) in [7, 11) is 1.38. The number of cyclic esters (lactones) is 2. The van der Waals surface area contributed by atoms with Crippen LogP contribution in [0.5, 0.6) is 0 Å². The number of methoxy groups -OCH3 is 1. The van der Waals surface area contributed by atoms with E-state index < -0.39 is 17.4 Å². The number of hydrogen-bond donors (Lipinski definition) is 0. The fourth-order valence-corrected chi connectivity index (χ4v) is 2.83. The van der Waals surface area contributed by atoms with Crippen LogP contribution in [-0.4, -0.2) is 25.0 Å². The molecule has 1 unspecified atom stereocenters. The van der Waals surface area contributed by atoms with E-state index in [4.69, 9.17) is 4.74 Å².